The average Bonchev–Trinajstić information content (AvgIpc) is 2.74. The number of nitriles is 1. The molecule has 6 nitrogen and oxygen atoms in total. The highest BCUT2D eigenvalue weighted by molar-refractivity contribution is 5.76. The van der Waals surface area contributed by atoms with Gasteiger partial charge in [-0.3, -0.25) is 4.79 Å². The first-order valence-corrected chi connectivity index (χ1v) is 9.55. The van der Waals surface area contributed by atoms with Gasteiger partial charge in [0, 0.05) is 45.0 Å². The van der Waals surface area contributed by atoms with Crippen LogP contribution in [0.2, 0.25) is 0 Å². The molecule has 1 amide bonds. The predicted molar refractivity (Wildman–Crippen MR) is 102 cm³/mol. The van der Waals surface area contributed by atoms with Gasteiger partial charge in [-0.25, -0.2) is 9.97 Å². The summed E-state index contributed by atoms with van der Waals surface area (Å²) in [5, 5.41) is 9.20. The quantitative estimate of drug-likeness (QED) is 0.840. The van der Waals surface area contributed by atoms with Gasteiger partial charge in [-0.1, -0.05) is 24.3 Å². The molecule has 0 atom stereocenters. The van der Waals surface area contributed by atoms with E-state index in [1.807, 2.05) is 11.0 Å². The van der Waals surface area contributed by atoms with Gasteiger partial charge in [-0.05, 0) is 36.3 Å². The van der Waals surface area contributed by atoms with Crippen molar-refractivity contribution < 1.29 is 4.79 Å². The number of fused-ring (bicyclic) bond motifs is 1. The minimum atomic E-state index is 0.264. The summed E-state index contributed by atoms with van der Waals surface area (Å²) in [7, 11) is 0. The number of hydrogen-bond donors (Lipinski definition) is 0. The van der Waals surface area contributed by atoms with Crippen LogP contribution in [0.3, 0.4) is 0 Å². The first-order valence-electron chi connectivity index (χ1n) is 9.55. The Morgan fingerprint density at radius 2 is 1.85 bits per heavy atom. The number of amides is 1. The van der Waals surface area contributed by atoms with Crippen molar-refractivity contribution >= 4 is 11.7 Å². The lowest BCUT2D eigenvalue weighted by atomic mass is 9.92. The second-order valence-corrected chi connectivity index (χ2v) is 7.31. The third-order valence-electron chi connectivity index (χ3n) is 5.65. The van der Waals surface area contributed by atoms with Crippen LogP contribution >= 0.6 is 0 Å². The molecule has 4 rings (SSSR count). The van der Waals surface area contributed by atoms with E-state index in [0.717, 1.165) is 45.4 Å². The summed E-state index contributed by atoms with van der Waals surface area (Å²) < 4.78 is 0. The third-order valence-corrected chi connectivity index (χ3v) is 5.65. The third kappa shape index (κ3) is 3.77. The molecule has 0 bridgehead atoms. The summed E-state index contributed by atoms with van der Waals surface area (Å²) in [6, 6.07) is 10.5. The van der Waals surface area contributed by atoms with E-state index >= 15 is 0 Å². The van der Waals surface area contributed by atoms with Crippen molar-refractivity contribution in [2.24, 2.45) is 5.92 Å². The summed E-state index contributed by atoms with van der Waals surface area (Å²) in [4.78, 5) is 25.3. The van der Waals surface area contributed by atoms with Crippen molar-refractivity contribution in [2.75, 3.05) is 24.5 Å². The SMILES string of the molecule is N#Cc1nccnc1N1CCC(CC(=O)N2CCc3ccccc3C2)CC1. The second kappa shape index (κ2) is 7.75. The van der Waals surface area contributed by atoms with Gasteiger partial charge in [0.05, 0.1) is 0 Å². The summed E-state index contributed by atoms with van der Waals surface area (Å²) in [6.07, 6.45) is 6.62. The number of carbonyl (C=O) groups is 1. The molecule has 1 aromatic heterocycles. The maximum atomic E-state index is 12.8. The van der Waals surface area contributed by atoms with E-state index in [9.17, 15) is 10.1 Å². The second-order valence-electron chi connectivity index (χ2n) is 7.31. The molecule has 2 aliphatic heterocycles. The van der Waals surface area contributed by atoms with E-state index < -0.39 is 0 Å². The largest absolute Gasteiger partial charge is 0.354 e. The predicted octanol–water partition coefficient (Wildman–Crippen LogP) is 2.54. The molecule has 0 unspecified atom stereocenters. The van der Waals surface area contributed by atoms with Gasteiger partial charge in [-0.2, -0.15) is 5.26 Å². The van der Waals surface area contributed by atoms with E-state index in [-0.39, 0.29) is 5.91 Å². The fraction of sp³-hybridized carbons (Fsp3) is 0.429. The molecular weight excluding hydrogens is 338 g/mol. The van der Waals surface area contributed by atoms with Crippen molar-refractivity contribution in [1.82, 2.24) is 14.9 Å². The Morgan fingerprint density at radius 3 is 2.63 bits per heavy atom. The van der Waals surface area contributed by atoms with E-state index in [2.05, 4.69) is 39.1 Å². The maximum absolute atomic E-state index is 12.8. The molecule has 0 aliphatic carbocycles. The monoisotopic (exact) mass is 361 g/mol. The lowest BCUT2D eigenvalue weighted by Gasteiger charge is -2.34. The average molecular weight is 361 g/mol. The Kier molecular flexibility index (Phi) is 5.01. The van der Waals surface area contributed by atoms with Gasteiger partial charge in [0.15, 0.2) is 11.5 Å². The van der Waals surface area contributed by atoms with Gasteiger partial charge in [0.2, 0.25) is 5.91 Å². The topological polar surface area (TPSA) is 73.1 Å². The van der Waals surface area contributed by atoms with Crippen LogP contribution in [0.25, 0.3) is 0 Å². The number of nitrogens with zero attached hydrogens (tertiary/aromatic N) is 5. The normalized spacial score (nSPS) is 17.3. The molecule has 138 valence electrons. The Bertz CT molecular complexity index is 867. The van der Waals surface area contributed by atoms with Crippen LogP contribution in [-0.2, 0) is 17.8 Å². The maximum Gasteiger partial charge on any atom is 0.223 e. The van der Waals surface area contributed by atoms with Gasteiger partial charge in [0.25, 0.3) is 0 Å². The van der Waals surface area contributed by atoms with Crippen LogP contribution in [-0.4, -0.2) is 40.4 Å². The summed E-state index contributed by atoms with van der Waals surface area (Å²) in [5.41, 5.74) is 3.02. The van der Waals surface area contributed by atoms with E-state index in [1.165, 1.54) is 11.1 Å². The highest BCUT2D eigenvalue weighted by Crippen LogP contribution is 2.27. The Morgan fingerprint density at radius 1 is 1.11 bits per heavy atom. The van der Waals surface area contributed by atoms with Crippen LogP contribution in [0, 0.1) is 17.2 Å². The van der Waals surface area contributed by atoms with E-state index in [1.54, 1.807) is 12.4 Å². The highest BCUT2D eigenvalue weighted by atomic mass is 16.2. The number of aromatic nitrogens is 2. The Hall–Kier alpha value is -2.94. The van der Waals surface area contributed by atoms with Crippen LogP contribution in [0.15, 0.2) is 36.7 Å². The van der Waals surface area contributed by atoms with E-state index in [4.69, 9.17) is 0 Å². The lowest BCUT2D eigenvalue weighted by molar-refractivity contribution is -0.133. The van der Waals surface area contributed by atoms with E-state index in [0.29, 0.717) is 23.9 Å². The summed E-state index contributed by atoms with van der Waals surface area (Å²) >= 11 is 0. The lowest BCUT2D eigenvalue weighted by Crippen LogP contribution is -2.39. The zero-order valence-corrected chi connectivity index (χ0v) is 15.3. The molecule has 0 saturated carbocycles. The first-order chi connectivity index (χ1) is 13.2. The Labute approximate surface area is 159 Å². The number of hydrogen-bond acceptors (Lipinski definition) is 5. The number of anilines is 1. The van der Waals surface area contributed by atoms with Crippen molar-refractivity contribution in [3.8, 4) is 6.07 Å². The molecule has 0 N–H and O–H groups in total. The molecule has 2 aromatic rings. The van der Waals surface area contributed by atoms with Crippen molar-refractivity contribution in [2.45, 2.75) is 32.2 Å². The molecule has 1 aromatic carbocycles. The molecule has 1 fully saturated rings. The molecule has 1 saturated heterocycles. The molecule has 2 aliphatic rings. The zero-order valence-electron chi connectivity index (χ0n) is 15.3. The van der Waals surface area contributed by atoms with Crippen LogP contribution in [0.4, 0.5) is 5.82 Å². The summed E-state index contributed by atoms with van der Waals surface area (Å²) in [6.45, 7) is 3.18. The zero-order chi connectivity index (χ0) is 18.6. The van der Waals surface area contributed by atoms with Crippen LogP contribution in [0.5, 0.6) is 0 Å². The summed E-state index contributed by atoms with van der Waals surface area (Å²) in [5.74, 6) is 1.32. The number of benzene rings is 1. The molecule has 27 heavy (non-hydrogen) atoms. The molecular formula is C21H23N5O. The van der Waals surface area contributed by atoms with Crippen LogP contribution in [0.1, 0.15) is 36.1 Å². The fourth-order valence-corrected chi connectivity index (χ4v) is 4.07. The molecule has 3 heterocycles. The van der Waals surface area contributed by atoms with Gasteiger partial charge in [-0.15, -0.1) is 0 Å². The molecule has 6 heteroatoms. The van der Waals surface area contributed by atoms with Gasteiger partial charge in [0.1, 0.15) is 6.07 Å². The Balaban J connectivity index is 1.32. The van der Waals surface area contributed by atoms with Gasteiger partial charge < -0.3 is 9.80 Å². The molecule has 0 radical (unpaired) electrons. The number of carbonyl (C=O) groups excluding carboxylic acids is 1. The van der Waals surface area contributed by atoms with Crippen LogP contribution < -0.4 is 4.90 Å². The van der Waals surface area contributed by atoms with Crippen molar-refractivity contribution in [3.05, 3.63) is 53.5 Å². The molecule has 0 spiro atoms. The first kappa shape index (κ1) is 17.5. The highest BCUT2D eigenvalue weighted by Gasteiger charge is 2.27. The van der Waals surface area contributed by atoms with Crippen molar-refractivity contribution in [1.29, 1.82) is 5.26 Å². The fourth-order valence-electron chi connectivity index (χ4n) is 4.07. The van der Waals surface area contributed by atoms with Gasteiger partial charge >= 0.3 is 0 Å². The van der Waals surface area contributed by atoms with Crippen molar-refractivity contribution in [3.63, 3.8) is 0 Å². The smallest absolute Gasteiger partial charge is 0.223 e. The number of piperidine rings is 1. The minimum Gasteiger partial charge on any atom is -0.354 e. The minimum absolute atomic E-state index is 0.264. The standard InChI is InChI=1S/C21H23N5O/c22-14-19-21(24-9-8-23-19)25-10-5-16(6-11-25)13-20(27)26-12-7-17-3-1-2-4-18(17)15-26/h1-4,8-9,16H,5-7,10-13,15H2. The number of rotatable bonds is 3.